The molecule has 0 bridgehead atoms. The molecule has 0 radical (unpaired) electrons. The van der Waals surface area contributed by atoms with Gasteiger partial charge in [-0.1, -0.05) is 42.6 Å². The molecule has 0 spiro atoms. The monoisotopic (exact) mass is 279 g/mol. The molecule has 2 N–H and O–H groups in total. The molecule has 1 amide bonds. The van der Waals surface area contributed by atoms with E-state index in [0.717, 1.165) is 32.2 Å². The Morgan fingerprint density at radius 1 is 1.27 bits per heavy atom. The number of unbranched alkanes of at least 4 members (excludes halogenated alkanes) is 3. The summed E-state index contributed by atoms with van der Waals surface area (Å²) >= 11 is 3.36. The molecule has 0 aliphatic carbocycles. The topological polar surface area (TPSA) is 49.3 Å². The van der Waals surface area contributed by atoms with Crippen molar-refractivity contribution in [3.63, 3.8) is 0 Å². The van der Waals surface area contributed by atoms with Gasteiger partial charge in [-0.2, -0.15) is 0 Å². The van der Waals surface area contributed by atoms with E-state index in [1.807, 2.05) is 13.8 Å². The summed E-state index contributed by atoms with van der Waals surface area (Å²) in [7, 11) is 0. The number of hydrogen-bond donors (Lipinski definition) is 2. The van der Waals surface area contributed by atoms with E-state index in [1.54, 1.807) is 0 Å². The van der Waals surface area contributed by atoms with Gasteiger partial charge in [-0.15, -0.1) is 0 Å². The van der Waals surface area contributed by atoms with Crippen LogP contribution in [-0.4, -0.2) is 29.0 Å². The number of rotatable bonds is 8. The van der Waals surface area contributed by atoms with Crippen LogP contribution in [0.15, 0.2) is 0 Å². The van der Waals surface area contributed by atoms with E-state index in [1.165, 1.54) is 0 Å². The van der Waals surface area contributed by atoms with E-state index in [-0.39, 0.29) is 17.3 Å². The molecule has 0 aliphatic rings. The van der Waals surface area contributed by atoms with Crippen molar-refractivity contribution in [3.05, 3.63) is 0 Å². The molecular weight excluding hydrogens is 258 g/mol. The van der Waals surface area contributed by atoms with Crippen LogP contribution in [-0.2, 0) is 4.79 Å². The van der Waals surface area contributed by atoms with E-state index in [4.69, 9.17) is 5.11 Å². The molecule has 1 atom stereocenters. The predicted molar refractivity (Wildman–Crippen MR) is 66.1 cm³/mol. The van der Waals surface area contributed by atoms with Crippen molar-refractivity contribution in [3.8, 4) is 0 Å². The fraction of sp³-hybridized carbons (Fsp3) is 0.909. The van der Waals surface area contributed by atoms with Gasteiger partial charge in [0.2, 0.25) is 5.91 Å². The van der Waals surface area contributed by atoms with Gasteiger partial charge in [-0.25, -0.2) is 0 Å². The molecule has 0 aromatic rings. The third-order valence-electron chi connectivity index (χ3n) is 2.22. The van der Waals surface area contributed by atoms with Crippen molar-refractivity contribution in [1.29, 1.82) is 0 Å². The summed E-state index contributed by atoms with van der Waals surface area (Å²) in [6.45, 7) is 5.03. The van der Waals surface area contributed by atoms with Crippen LogP contribution in [0.2, 0.25) is 0 Å². The molecule has 90 valence electrons. The smallest absolute Gasteiger partial charge is 0.234 e. The Balaban J connectivity index is 3.39. The summed E-state index contributed by atoms with van der Waals surface area (Å²) in [6, 6.07) is 0. The van der Waals surface area contributed by atoms with Crippen molar-refractivity contribution >= 4 is 21.8 Å². The normalized spacial score (nSPS) is 12.9. The molecule has 3 nitrogen and oxygen atoms in total. The first-order chi connectivity index (χ1) is 7.09. The zero-order valence-electron chi connectivity index (χ0n) is 9.63. The zero-order chi connectivity index (χ0) is 11.7. The van der Waals surface area contributed by atoms with Crippen molar-refractivity contribution in [2.45, 2.75) is 44.4 Å². The van der Waals surface area contributed by atoms with Crippen molar-refractivity contribution in [2.75, 3.05) is 13.2 Å². The van der Waals surface area contributed by atoms with E-state index in [2.05, 4.69) is 21.2 Å². The molecule has 0 aromatic heterocycles. The lowest BCUT2D eigenvalue weighted by molar-refractivity contribution is -0.121. The predicted octanol–water partition coefficient (Wildman–Crippen LogP) is 2.07. The zero-order valence-corrected chi connectivity index (χ0v) is 11.2. The van der Waals surface area contributed by atoms with Gasteiger partial charge in [0.25, 0.3) is 0 Å². The maximum atomic E-state index is 11.5. The van der Waals surface area contributed by atoms with Crippen molar-refractivity contribution in [1.82, 2.24) is 5.32 Å². The highest BCUT2D eigenvalue weighted by Crippen LogP contribution is 2.11. The summed E-state index contributed by atoms with van der Waals surface area (Å²) in [5.41, 5.74) is 0. The van der Waals surface area contributed by atoms with Gasteiger partial charge in [0.1, 0.15) is 0 Å². The van der Waals surface area contributed by atoms with Gasteiger partial charge in [-0.3, -0.25) is 4.79 Å². The second kappa shape index (κ2) is 9.16. The number of carbonyl (C=O) groups excluding carboxylic acids is 1. The van der Waals surface area contributed by atoms with E-state index in [9.17, 15) is 4.79 Å². The second-order valence-corrected chi connectivity index (χ2v) is 5.06. The lowest BCUT2D eigenvalue weighted by Crippen LogP contribution is -2.34. The fourth-order valence-electron chi connectivity index (χ4n) is 1.20. The molecule has 15 heavy (non-hydrogen) atoms. The summed E-state index contributed by atoms with van der Waals surface area (Å²) in [5, 5.41) is 11.5. The molecule has 0 aliphatic heterocycles. The first-order valence-corrected chi connectivity index (χ1v) is 6.53. The summed E-state index contributed by atoms with van der Waals surface area (Å²) < 4.78 is 0. The van der Waals surface area contributed by atoms with Crippen molar-refractivity contribution in [2.24, 2.45) is 5.92 Å². The first-order valence-electron chi connectivity index (χ1n) is 5.62. The van der Waals surface area contributed by atoms with Crippen LogP contribution in [0.4, 0.5) is 0 Å². The Labute approximate surface area is 101 Å². The number of carbonyl (C=O) groups is 1. The molecule has 0 aromatic carbocycles. The van der Waals surface area contributed by atoms with Gasteiger partial charge in [0.05, 0.1) is 4.83 Å². The Bertz CT molecular complexity index is 174. The number of alkyl halides is 1. The molecule has 1 unspecified atom stereocenters. The molecule has 0 saturated heterocycles. The van der Waals surface area contributed by atoms with Gasteiger partial charge in [-0.05, 0) is 18.8 Å². The number of amides is 1. The highest BCUT2D eigenvalue weighted by atomic mass is 79.9. The molecule has 0 saturated carbocycles. The molecule has 0 fully saturated rings. The number of hydrogen-bond acceptors (Lipinski definition) is 2. The number of halogens is 1. The van der Waals surface area contributed by atoms with Gasteiger partial charge < -0.3 is 10.4 Å². The molecule has 4 heteroatoms. The van der Waals surface area contributed by atoms with E-state index < -0.39 is 0 Å². The van der Waals surface area contributed by atoms with Crippen LogP contribution in [0.5, 0.6) is 0 Å². The average molecular weight is 280 g/mol. The fourth-order valence-corrected chi connectivity index (χ4v) is 1.36. The maximum absolute atomic E-state index is 11.5. The van der Waals surface area contributed by atoms with Crippen LogP contribution in [0, 0.1) is 5.92 Å². The van der Waals surface area contributed by atoms with Crippen LogP contribution >= 0.6 is 15.9 Å². The average Bonchev–Trinajstić information content (AvgIpc) is 2.21. The van der Waals surface area contributed by atoms with Gasteiger partial charge >= 0.3 is 0 Å². The third kappa shape index (κ3) is 7.79. The SMILES string of the molecule is CC(C)C(Br)C(=O)NCCCCCCO. The molecule has 0 rings (SSSR count). The number of aliphatic hydroxyl groups is 1. The standard InChI is InChI=1S/C11H22BrNO2/c1-9(2)10(12)11(15)13-7-5-3-4-6-8-14/h9-10,14H,3-8H2,1-2H3,(H,13,15). The Kier molecular flexibility index (Phi) is 9.10. The number of aliphatic hydroxyl groups excluding tert-OH is 1. The minimum atomic E-state index is -0.0880. The second-order valence-electron chi connectivity index (χ2n) is 4.07. The molecule has 0 heterocycles. The largest absolute Gasteiger partial charge is 0.396 e. The van der Waals surface area contributed by atoms with Crippen molar-refractivity contribution < 1.29 is 9.90 Å². The minimum Gasteiger partial charge on any atom is -0.396 e. The lowest BCUT2D eigenvalue weighted by Gasteiger charge is -2.13. The Hall–Kier alpha value is -0.0900. The Morgan fingerprint density at radius 3 is 2.40 bits per heavy atom. The Morgan fingerprint density at radius 2 is 1.87 bits per heavy atom. The third-order valence-corrected chi connectivity index (χ3v) is 3.69. The number of nitrogens with one attached hydrogen (secondary N) is 1. The van der Waals surface area contributed by atoms with Gasteiger partial charge in [0.15, 0.2) is 0 Å². The van der Waals surface area contributed by atoms with Crippen LogP contribution < -0.4 is 5.32 Å². The first kappa shape index (κ1) is 14.9. The van der Waals surface area contributed by atoms with Crippen LogP contribution in [0.1, 0.15) is 39.5 Å². The molecular formula is C11H22BrNO2. The van der Waals surface area contributed by atoms with E-state index >= 15 is 0 Å². The highest BCUT2D eigenvalue weighted by Gasteiger charge is 2.17. The minimum absolute atomic E-state index is 0.0761. The lowest BCUT2D eigenvalue weighted by atomic mass is 10.1. The van der Waals surface area contributed by atoms with Crippen LogP contribution in [0.3, 0.4) is 0 Å². The summed E-state index contributed by atoms with van der Waals surface area (Å²) in [5.74, 6) is 0.395. The summed E-state index contributed by atoms with van der Waals surface area (Å²) in [6.07, 6.45) is 3.95. The quantitative estimate of drug-likeness (QED) is 0.528. The highest BCUT2D eigenvalue weighted by molar-refractivity contribution is 9.10. The maximum Gasteiger partial charge on any atom is 0.234 e. The van der Waals surface area contributed by atoms with Gasteiger partial charge in [0, 0.05) is 13.2 Å². The van der Waals surface area contributed by atoms with Crippen LogP contribution in [0.25, 0.3) is 0 Å². The summed E-state index contributed by atoms with van der Waals surface area (Å²) in [4.78, 5) is 11.4. The van der Waals surface area contributed by atoms with E-state index in [0.29, 0.717) is 5.92 Å².